The highest BCUT2D eigenvalue weighted by Crippen LogP contribution is 2.13. The first kappa shape index (κ1) is 15.4. The molecule has 2 aromatic rings. The van der Waals surface area contributed by atoms with E-state index in [1.165, 1.54) is 12.4 Å². The van der Waals surface area contributed by atoms with Crippen LogP contribution in [0.5, 0.6) is 0 Å². The molecule has 7 nitrogen and oxygen atoms in total. The number of likely N-dealkylation sites (tertiary alicyclic amines) is 1. The molecule has 1 fully saturated rings. The van der Waals surface area contributed by atoms with Gasteiger partial charge in [0.15, 0.2) is 0 Å². The second-order valence-corrected chi connectivity index (χ2v) is 5.56. The number of hydrogen-bond donors (Lipinski definition) is 2. The standard InChI is InChI=1S/C16H19N5O2/c22-14-4-2-6-21(11-14)15(23)13-9-19-16(20-10-13)18-8-12-3-1-5-17-7-12/h1,3,5,7,9-10,14,22H,2,4,6,8,11H2,(H,18,19,20). The van der Waals surface area contributed by atoms with Crippen molar-refractivity contribution < 1.29 is 9.90 Å². The van der Waals surface area contributed by atoms with E-state index >= 15 is 0 Å². The first-order valence-electron chi connectivity index (χ1n) is 7.64. The Bertz CT molecular complexity index is 647. The van der Waals surface area contributed by atoms with Crippen LogP contribution in [-0.2, 0) is 6.54 Å². The van der Waals surface area contributed by atoms with Crippen LogP contribution in [-0.4, -0.2) is 50.1 Å². The molecule has 0 aliphatic carbocycles. The van der Waals surface area contributed by atoms with Crippen molar-refractivity contribution in [3.05, 3.63) is 48.0 Å². The molecule has 0 aromatic carbocycles. The SMILES string of the molecule is O=C(c1cnc(NCc2cccnc2)nc1)N1CCCC(O)C1. The minimum atomic E-state index is -0.436. The first-order chi connectivity index (χ1) is 11.2. The lowest BCUT2D eigenvalue weighted by Gasteiger charge is -2.29. The average molecular weight is 313 g/mol. The zero-order valence-corrected chi connectivity index (χ0v) is 12.7. The lowest BCUT2D eigenvalue weighted by atomic mass is 10.1. The number of β-amino-alcohol motifs (C(OH)–C–C–N with tert-alkyl or cyclic N) is 1. The smallest absolute Gasteiger partial charge is 0.257 e. The van der Waals surface area contributed by atoms with Gasteiger partial charge >= 0.3 is 0 Å². The van der Waals surface area contributed by atoms with Crippen molar-refractivity contribution in [2.75, 3.05) is 18.4 Å². The van der Waals surface area contributed by atoms with Crippen LogP contribution in [0, 0.1) is 0 Å². The summed E-state index contributed by atoms with van der Waals surface area (Å²) in [5.41, 5.74) is 1.46. The molecule has 2 N–H and O–H groups in total. The lowest BCUT2D eigenvalue weighted by Crippen LogP contribution is -2.42. The van der Waals surface area contributed by atoms with Gasteiger partial charge in [-0.05, 0) is 24.5 Å². The van der Waals surface area contributed by atoms with Crippen LogP contribution in [0.25, 0.3) is 0 Å². The third-order valence-electron chi connectivity index (χ3n) is 3.76. The predicted molar refractivity (Wildman–Crippen MR) is 84.7 cm³/mol. The molecule has 120 valence electrons. The maximum atomic E-state index is 12.3. The van der Waals surface area contributed by atoms with Gasteiger partial charge in [-0.15, -0.1) is 0 Å². The fourth-order valence-electron chi connectivity index (χ4n) is 2.54. The average Bonchev–Trinajstić information content (AvgIpc) is 2.61. The molecule has 7 heteroatoms. The Kier molecular flexibility index (Phi) is 4.77. The van der Waals surface area contributed by atoms with Crippen molar-refractivity contribution >= 4 is 11.9 Å². The summed E-state index contributed by atoms with van der Waals surface area (Å²) in [6.07, 6.45) is 7.65. The molecule has 1 aliphatic heterocycles. The summed E-state index contributed by atoms with van der Waals surface area (Å²) < 4.78 is 0. The van der Waals surface area contributed by atoms with Crippen LogP contribution in [0.1, 0.15) is 28.8 Å². The van der Waals surface area contributed by atoms with Gasteiger partial charge in [-0.1, -0.05) is 6.07 Å². The monoisotopic (exact) mass is 313 g/mol. The van der Waals surface area contributed by atoms with E-state index in [-0.39, 0.29) is 5.91 Å². The van der Waals surface area contributed by atoms with E-state index in [0.29, 0.717) is 31.1 Å². The van der Waals surface area contributed by atoms with Crippen molar-refractivity contribution in [3.8, 4) is 0 Å². The number of rotatable bonds is 4. The predicted octanol–water partition coefficient (Wildman–Crippen LogP) is 1.08. The zero-order chi connectivity index (χ0) is 16.1. The molecule has 1 aliphatic rings. The second kappa shape index (κ2) is 7.15. The van der Waals surface area contributed by atoms with Crippen LogP contribution in [0.15, 0.2) is 36.9 Å². The minimum Gasteiger partial charge on any atom is -0.391 e. The Labute approximate surface area is 134 Å². The Balaban J connectivity index is 1.59. The van der Waals surface area contributed by atoms with E-state index in [2.05, 4.69) is 20.3 Å². The zero-order valence-electron chi connectivity index (χ0n) is 12.7. The third-order valence-corrected chi connectivity index (χ3v) is 3.76. The molecule has 0 radical (unpaired) electrons. The highest BCUT2D eigenvalue weighted by Gasteiger charge is 2.23. The normalized spacial score (nSPS) is 17.8. The van der Waals surface area contributed by atoms with Gasteiger partial charge in [-0.2, -0.15) is 0 Å². The Morgan fingerprint density at radius 1 is 1.35 bits per heavy atom. The fourth-order valence-corrected chi connectivity index (χ4v) is 2.54. The van der Waals surface area contributed by atoms with Crippen LogP contribution < -0.4 is 5.32 Å². The van der Waals surface area contributed by atoms with E-state index in [1.54, 1.807) is 17.3 Å². The van der Waals surface area contributed by atoms with Crippen LogP contribution >= 0.6 is 0 Å². The number of aliphatic hydroxyl groups excluding tert-OH is 1. The maximum absolute atomic E-state index is 12.3. The highest BCUT2D eigenvalue weighted by atomic mass is 16.3. The van der Waals surface area contributed by atoms with Crippen molar-refractivity contribution in [1.82, 2.24) is 19.9 Å². The van der Waals surface area contributed by atoms with Gasteiger partial charge in [-0.3, -0.25) is 9.78 Å². The largest absolute Gasteiger partial charge is 0.391 e. The Morgan fingerprint density at radius 2 is 2.17 bits per heavy atom. The van der Waals surface area contributed by atoms with Gasteiger partial charge < -0.3 is 15.3 Å². The van der Waals surface area contributed by atoms with Gasteiger partial charge in [0.1, 0.15) is 0 Å². The van der Waals surface area contributed by atoms with Crippen LogP contribution in [0.3, 0.4) is 0 Å². The molecular weight excluding hydrogens is 294 g/mol. The molecule has 0 saturated carbocycles. The molecule has 3 rings (SSSR count). The van der Waals surface area contributed by atoms with E-state index in [4.69, 9.17) is 0 Å². The Hall–Kier alpha value is -2.54. The minimum absolute atomic E-state index is 0.137. The molecule has 2 aromatic heterocycles. The van der Waals surface area contributed by atoms with Crippen molar-refractivity contribution in [1.29, 1.82) is 0 Å². The number of hydrogen-bond acceptors (Lipinski definition) is 6. The number of amides is 1. The molecule has 1 amide bonds. The lowest BCUT2D eigenvalue weighted by molar-refractivity contribution is 0.0473. The van der Waals surface area contributed by atoms with E-state index in [9.17, 15) is 9.90 Å². The van der Waals surface area contributed by atoms with Gasteiger partial charge in [0.2, 0.25) is 5.95 Å². The van der Waals surface area contributed by atoms with Gasteiger partial charge in [0.05, 0.1) is 11.7 Å². The summed E-state index contributed by atoms with van der Waals surface area (Å²) in [6, 6.07) is 3.83. The molecule has 0 spiro atoms. The van der Waals surface area contributed by atoms with Gasteiger partial charge in [0, 0.05) is 44.4 Å². The maximum Gasteiger partial charge on any atom is 0.257 e. The number of carbonyl (C=O) groups excluding carboxylic acids is 1. The van der Waals surface area contributed by atoms with Crippen LogP contribution in [0.2, 0.25) is 0 Å². The topological polar surface area (TPSA) is 91.2 Å². The summed E-state index contributed by atoms with van der Waals surface area (Å²) in [5.74, 6) is 0.326. The fraction of sp³-hybridized carbons (Fsp3) is 0.375. The van der Waals surface area contributed by atoms with Gasteiger partial charge in [-0.25, -0.2) is 9.97 Å². The summed E-state index contributed by atoms with van der Waals surface area (Å²) in [6.45, 7) is 1.61. The number of aromatic nitrogens is 3. The number of piperidine rings is 1. The summed E-state index contributed by atoms with van der Waals surface area (Å²) in [4.78, 5) is 26.4. The van der Waals surface area contributed by atoms with Crippen molar-refractivity contribution in [3.63, 3.8) is 0 Å². The number of carbonyl (C=O) groups is 1. The molecule has 1 unspecified atom stereocenters. The number of nitrogens with one attached hydrogen (secondary N) is 1. The molecule has 3 heterocycles. The van der Waals surface area contributed by atoms with E-state index in [1.807, 2.05) is 12.1 Å². The van der Waals surface area contributed by atoms with Crippen molar-refractivity contribution in [2.24, 2.45) is 0 Å². The number of aliphatic hydroxyl groups is 1. The van der Waals surface area contributed by atoms with E-state index < -0.39 is 6.10 Å². The molecule has 23 heavy (non-hydrogen) atoms. The summed E-state index contributed by atoms with van der Waals surface area (Å²) in [5, 5.41) is 12.7. The number of pyridine rings is 1. The number of nitrogens with zero attached hydrogens (tertiary/aromatic N) is 4. The summed E-state index contributed by atoms with van der Waals surface area (Å²) >= 11 is 0. The van der Waals surface area contributed by atoms with E-state index in [0.717, 1.165) is 18.4 Å². The molecule has 0 bridgehead atoms. The first-order valence-corrected chi connectivity index (χ1v) is 7.64. The molecule has 1 saturated heterocycles. The third kappa shape index (κ3) is 4.01. The summed E-state index contributed by atoms with van der Waals surface area (Å²) in [7, 11) is 0. The Morgan fingerprint density at radius 3 is 2.87 bits per heavy atom. The highest BCUT2D eigenvalue weighted by molar-refractivity contribution is 5.93. The van der Waals surface area contributed by atoms with Crippen molar-refractivity contribution in [2.45, 2.75) is 25.5 Å². The van der Waals surface area contributed by atoms with Crippen LogP contribution in [0.4, 0.5) is 5.95 Å². The quantitative estimate of drug-likeness (QED) is 0.878. The molecule has 1 atom stereocenters. The second-order valence-electron chi connectivity index (χ2n) is 5.56. The number of anilines is 1. The molecular formula is C16H19N5O2. The van der Waals surface area contributed by atoms with Gasteiger partial charge in [0.25, 0.3) is 5.91 Å².